The van der Waals surface area contributed by atoms with E-state index in [1.807, 2.05) is 7.05 Å². The van der Waals surface area contributed by atoms with Crippen molar-refractivity contribution in [2.45, 2.75) is 12.6 Å². The van der Waals surface area contributed by atoms with Crippen LogP contribution in [0.15, 0.2) is 24.3 Å². The van der Waals surface area contributed by atoms with Crippen molar-refractivity contribution in [3.63, 3.8) is 0 Å². The summed E-state index contributed by atoms with van der Waals surface area (Å²) in [5.74, 6) is 0. The van der Waals surface area contributed by atoms with Crippen LogP contribution in [0.3, 0.4) is 0 Å². The molecule has 1 N–H and O–H groups in total. The van der Waals surface area contributed by atoms with Crippen LogP contribution in [0.25, 0.3) is 6.08 Å². The van der Waals surface area contributed by atoms with Crippen LogP contribution >= 0.6 is 0 Å². The van der Waals surface area contributed by atoms with Crippen LogP contribution < -0.4 is 5.32 Å². The molecule has 0 unspecified atom stereocenters. The van der Waals surface area contributed by atoms with Gasteiger partial charge in [0.2, 0.25) is 0 Å². The van der Waals surface area contributed by atoms with Crippen molar-refractivity contribution in [2.24, 2.45) is 0 Å². The molecule has 0 bridgehead atoms. The summed E-state index contributed by atoms with van der Waals surface area (Å²) in [6, 6.07) is 3.86. The van der Waals surface area contributed by atoms with Crippen molar-refractivity contribution in [3.8, 4) is 0 Å². The number of aromatic nitrogens is 1. The third-order valence-corrected chi connectivity index (χ3v) is 1.91. The molecule has 0 aliphatic rings. The van der Waals surface area contributed by atoms with E-state index in [1.54, 1.807) is 18.2 Å². The van der Waals surface area contributed by atoms with Crippen molar-refractivity contribution < 1.29 is 13.2 Å². The third-order valence-electron chi connectivity index (χ3n) is 1.91. The lowest BCUT2D eigenvalue weighted by Crippen LogP contribution is -2.08. The van der Waals surface area contributed by atoms with Crippen molar-refractivity contribution in [1.29, 1.82) is 0 Å². The summed E-state index contributed by atoms with van der Waals surface area (Å²) in [5, 5.41) is 2.94. The minimum atomic E-state index is -4.38. The van der Waals surface area contributed by atoms with Gasteiger partial charge in [-0.05, 0) is 38.2 Å². The Bertz CT molecular complexity index is 358. The van der Waals surface area contributed by atoms with Gasteiger partial charge in [-0.15, -0.1) is 0 Å². The van der Waals surface area contributed by atoms with Crippen LogP contribution in [-0.2, 0) is 6.18 Å². The highest BCUT2D eigenvalue weighted by atomic mass is 19.4. The summed E-state index contributed by atoms with van der Waals surface area (Å²) >= 11 is 0. The fraction of sp³-hybridized carbons (Fsp3) is 0.364. The number of halogens is 3. The smallest absolute Gasteiger partial charge is 0.319 e. The Balaban J connectivity index is 2.71. The number of nitrogens with one attached hydrogen (secondary N) is 1. The Morgan fingerprint density at radius 2 is 2.12 bits per heavy atom. The van der Waals surface area contributed by atoms with Gasteiger partial charge in [-0.1, -0.05) is 12.1 Å². The topological polar surface area (TPSA) is 24.9 Å². The van der Waals surface area contributed by atoms with E-state index >= 15 is 0 Å². The monoisotopic (exact) mass is 230 g/mol. The minimum absolute atomic E-state index is 0.325. The molecule has 5 heteroatoms. The van der Waals surface area contributed by atoms with E-state index in [9.17, 15) is 13.2 Å². The zero-order valence-corrected chi connectivity index (χ0v) is 8.88. The first-order valence-corrected chi connectivity index (χ1v) is 4.89. The van der Waals surface area contributed by atoms with Gasteiger partial charge in [0, 0.05) is 0 Å². The molecule has 0 atom stereocenters. The van der Waals surface area contributed by atoms with Gasteiger partial charge in [0.05, 0.1) is 5.69 Å². The molecule has 2 nitrogen and oxygen atoms in total. The number of hydrogen-bond donors (Lipinski definition) is 1. The fourth-order valence-electron chi connectivity index (χ4n) is 1.13. The molecule has 0 aliphatic carbocycles. The third kappa shape index (κ3) is 4.02. The summed E-state index contributed by atoms with van der Waals surface area (Å²) in [5.41, 5.74) is -0.533. The minimum Gasteiger partial charge on any atom is -0.319 e. The first kappa shape index (κ1) is 12.7. The number of rotatable bonds is 4. The SMILES string of the molecule is CNCCC=Cc1cccc(C(F)(F)F)n1. The lowest BCUT2D eigenvalue weighted by atomic mass is 10.2. The predicted molar refractivity (Wildman–Crippen MR) is 56.8 cm³/mol. The van der Waals surface area contributed by atoms with Crippen molar-refractivity contribution in [3.05, 3.63) is 35.7 Å². The van der Waals surface area contributed by atoms with Crippen LogP contribution in [0.2, 0.25) is 0 Å². The molecule has 0 aromatic carbocycles. The lowest BCUT2D eigenvalue weighted by Gasteiger charge is -2.05. The van der Waals surface area contributed by atoms with Gasteiger partial charge < -0.3 is 5.32 Å². The number of nitrogens with zero attached hydrogens (tertiary/aromatic N) is 1. The summed E-state index contributed by atoms with van der Waals surface area (Å²) < 4.78 is 36.9. The van der Waals surface area contributed by atoms with E-state index in [0.29, 0.717) is 5.69 Å². The first-order valence-electron chi connectivity index (χ1n) is 4.89. The zero-order chi connectivity index (χ0) is 12.0. The highest BCUT2D eigenvalue weighted by Gasteiger charge is 2.32. The molecule has 1 aromatic rings. The Hall–Kier alpha value is -1.36. The normalized spacial score (nSPS) is 12.2. The average Bonchev–Trinajstić information content (AvgIpc) is 2.24. The molecule has 0 fully saturated rings. The van der Waals surface area contributed by atoms with Crippen LogP contribution in [0.4, 0.5) is 13.2 Å². The lowest BCUT2D eigenvalue weighted by molar-refractivity contribution is -0.141. The molecule has 16 heavy (non-hydrogen) atoms. The largest absolute Gasteiger partial charge is 0.433 e. The van der Waals surface area contributed by atoms with Gasteiger partial charge >= 0.3 is 6.18 Å². The second-order valence-electron chi connectivity index (χ2n) is 3.24. The summed E-state index contributed by atoms with van der Waals surface area (Å²) in [6.45, 7) is 0.787. The second-order valence-corrected chi connectivity index (χ2v) is 3.24. The van der Waals surface area contributed by atoms with Crippen molar-refractivity contribution >= 4 is 6.08 Å². The van der Waals surface area contributed by atoms with Gasteiger partial charge in [-0.3, -0.25) is 0 Å². The van der Waals surface area contributed by atoms with Crippen molar-refractivity contribution in [2.75, 3.05) is 13.6 Å². The quantitative estimate of drug-likeness (QED) is 0.804. The number of pyridine rings is 1. The first-order chi connectivity index (χ1) is 7.54. The molecule has 0 spiro atoms. The van der Waals surface area contributed by atoms with Crippen LogP contribution in [0, 0.1) is 0 Å². The van der Waals surface area contributed by atoms with Gasteiger partial charge in [0.1, 0.15) is 5.69 Å². The Morgan fingerprint density at radius 3 is 2.75 bits per heavy atom. The summed E-state index contributed by atoms with van der Waals surface area (Å²) in [4.78, 5) is 3.51. The maximum absolute atomic E-state index is 12.3. The molecule has 1 rings (SSSR count). The number of hydrogen-bond acceptors (Lipinski definition) is 2. The molecular weight excluding hydrogens is 217 g/mol. The van der Waals surface area contributed by atoms with Gasteiger partial charge in [-0.2, -0.15) is 13.2 Å². The molecule has 1 heterocycles. The molecule has 0 radical (unpaired) electrons. The molecule has 88 valence electrons. The Morgan fingerprint density at radius 1 is 1.38 bits per heavy atom. The van der Waals surface area contributed by atoms with E-state index in [1.165, 1.54) is 6.07 Å². The van der Waals surface area contributed by atoms with Gasteiger partial charge in [0.15, 0.2) is 0 Å². The van der Waals surface area contributed by atoms with Gasteiger partial charge in [0.25, 0.3) is 0 Å². The summed E-state index contributed by atoms with van der Waals surface area (Å²) in [6.07, 6.45) is -0.241. The summed E-state index contributed by atoms with van der Waals surface area (Å²) in [7, 11) is 1.82. The number of alkyl halides is 3. The van der Waals surface area contributed by atoms with Crippen LogP contribution in [-0.4, -0.2) is 18.6 Å². The Labute approximate surface area is 92.2 Å². The maximum atomic E-state index is 12.3. The molecule has 1 aromatic heterocycles. The van der Waals surface area contributed by atoms with E-state index in [2.05, 4.69) is 10.3 Å². The molecule has 0 aliphatic heterocycles. The van der Waals surface area contributed by atoms with E-state index in [-0.39, 0.29) is 0 Å². The predicted octanol–water partition coefficient (Wildman–Crippen LogP) is 2.72. The highest BCUT2D eigenvalue weighted by molar-refractivity contribution is 5.44. The van der Waals surface area contributed by atoms with Crippen LogP contribution in [0.5, 0.6) is 0 Å². The fourth-order valence-corrected chi connectivity index (χ4v) is 1.13. The van der Waals surface area contributed by atoms with E-state index < -0.39 is 11.9 Å². The average molecular weight is 230 g/mol. The van der Waals surface area contributed by atoms with E-state index in [0.717, 1.165) is 19.0 Å². The van der Waals surface area contributed by atoms with Crippen molar-refractivity contribution in [1.82, 2.24) is 10.3 Å². The second kappa shape index (κ2) is 5.65. The zero-order valence-electron chi connectivity index (χ0n) is 8.88. The standard InChI is InChI=1S/C11H13F3N2/c1-15-8-3-2-5-9-6-4-7-10(16-9)11(12,13)14/h2,4-7,15H,3,8H2,1H3. The highest BCUT2D eigenvalue weighted by Crippen LogP contribution is 2.27. The van der Waals surface area contributed by atoms with Crippen LogP contribution in [0.1, 0.15) is 17.8 Å². The molecule has 0 saturated carbocycles. The molecule has 0 amide bonds. The maximum Gasteiger partial charge on any atom is 0.433 e. The van der Waals surface area contributed by atoms with Gasteiger partial charge in [-0.25, -0.2) is 4.98 Å². The Kier molecular flexibility index (Phi) is 4.49. The molecule has 0 saturated heterocycles. The molecular formula is C11H13F3N2. The van der Waals surface area contributed by atoms with E-state index in [4.69, 9.17) is 0 Å².